The second-order valence-corrected chi connectivity index (χ2v) is 14.2. The summed E-state index contributed by atoms with van der Waals surface area (Å²) in [6.07, 6.45) is -0.780. The van der Waals surface area contributed by atoms with E-state index in [-0.39, 0.29) is 49.8 Å². The first-order chi connectivity index (χ1) is 22.8. The summed E-state index contributed by atoms with van der Waals surface area (Å²) in [7, 11) is 2.93. The highest BCUT2D eigenvalue weighted by atomic mass is 79.9. The van der Waals surface area contributed by atoms with Crippen molar-refractivity contribution in [3.8, 4) is 11.4 Å². The maximum atomic E-state index is 13.7. The number of ether oxygens (including phenoxy) is 4. The van der Waals surface area contributed by atoms with Gasteiger partial charge in [0.2, 0.25) is 5.60 Å². The van der Waals surface area contributed by atoms with Gasteiger partial charge in [0.05, 0.1) is 35.4 Å². The Kier molecular flexibility index (Phi) is 10.2. The van der Waals surface area contributed by atoms with Gasteiger partial charge in [-0.25, -0.2) is 14.6 Å². The minimum absolute atomic E-state index is 0.0274. The predicted octanol–water partition coefficient (Wildman–Crippen LogP) is 6.30. The Morgan fingerprint density at radius 2 is 1.72 bits per heavy atom. The Bertz CT molecular complexity index is 1900. The van der Waals surface area contributed by atoms with Gasteiger partial charge in [0.1, 0.15) is 19.8 Å². The Hall–Kier alpha value is -3.81. The lowest BCUT2D eigenvalue weighted by Gasteiger charge is -2.35. The zero-order valence-corrected chi connectivity index (χ0v) is 28.7. The number of para-hydroxylation sites is 1. The summed E-state index contributed by atoms with van der Waals surface area (Å²) in [5.74, 6) is -0.0334. The van der Waals surface area contributed by atoms with Gasteiger partial charge in [-0.1, -0.05) is 86.9 Å². The van der Waals surface area contributed by atoms with Crippen molar-refractivity contribution in [2.24, 2.45) is 0 Å². The summed E-state index contributed by atoms with van der Waals surface area (Å²) < 4.78 is 23.3. The molecule has 2 aliphatic heterocycles. The third kappa shape index (κ3) is 6.93. The van der Waals surface area contributed by atoms with Crippen molar-refractivity contribution in [1.82, 2.24) is 9.55 Å². The Morgan fingerprint density at radius 1 is 1.00 bits per heavy atom. The molecule has 0 fully saturated rings. The van der Waals surface area contributed by atoms with Crippen molar-refractivity contribution in [1.29, 1.82) is 0 Å². The molecular formula is C34H31BrN2O8S2. The lowest BCUT2D eigenvalue weighted by molar-refractivity contribution is -0.175. The van der Waals surface area contributed by atoms with E-state index in [1.165, 1.54) is 21.6 Å². The van der Waals surface area contributed by atoms with Crippen LogP contribution in [0.4, 0.5) is 4.79 Å². The minimum atomic E-state index is -1.83. The number of esters is 2. The molecule has 0 amide bonds. The zero-order valence-electron chi connectivity index (χ0n) is 25.5. The molecule has 1 atom stereocenters. The van der Waals surface area contributed by atoms with Crippen LogP contribution in [0.5, 0.6) is 0 Å². The summed E-state index contributed by atoms with van der Waals surface area (Å²) >= 11 is 3.40. The maximum Gasteiger partial charge on any atom is 0.509 e. The highest BCUT2D eigenvalue weighted by Gasteiger charge is 2.51. The molecule has 1 unspecified atom stereocenters. The number of hydrogen-bond acceptors (Lipinski definition) is 11. The van der Waals surface area contributed by atoms with Gasteiger partial charge >= 0.3 is 18.1 Å². The molecule has 13 heteroatoms. The Labute approximate surface area is 287 Å². The van der Waals surface area contributed by atoms with Crippen LogP contribution in [0.15, 0.2) is 65.5 Å². The van der Waals surface area contributed by atoms with Crippen molar-refractivity contribution < 1.29 is 33.3 Å². The predicted molar refractivity (Wildman–Crippen MR) is 183 cm³/mol. The van der Waals surface area contributed by atoms with E-state index in [0.717, 1.165) is 32.9 Å². The number of rotatable bonds is 12. The first-order valence-corrected chi connectivity index (χ1v) is 18.7. The lowest BCUT2D eigenvalue weighted by atomic mass is 9.85. The van der Waals surface area contributed by atoms with Crippen molar-refractivity contribution >= 4 is 66.5 Å². The van der Waals surface area contributed by atoms with Gasteiger partial charge in [-0.05, 0) is 35.7 Å². The molecule has 0 radical (unpaired) electrons. The number of alkyl halides is 1. The number of halogens is 1. The molecule has 244 valence electrons. The highest BCUT2D eigenvalue weighted by Crippen LogP contribution is 2.41. The van der Waals surface area contributed by atoms with Crippen LogP contribution in [0, 0.1) is 0 Å². The first-order valence-electron chi connectivity index (χ1n) is 15.1. The molecule has 0 saturated carbocycles. The quantitative estimate of drug-likeness (QED) is 0.0471. The Balaban J connectivity index is 1.03. The molecule has 10 nitrogen and oxygen atoms in total. The third-order valence-electron chi connectivity index (χ3n) is 8.07. The van der Waals surface area contributed by atoms with E-state index in [1.807, 2.05) is 54.6 Å². The van der Waals surface area contributed by atoms with Gasteiger partial charge in [0, 0.05) is 33.3 Å². The van der Waals surface area contributed by atoms with Crippen LogP contribution in [0.25, 0.3) is 22.3 Å². The smallest absolute Gasteiger partial charge is 0.465 e. The molecule has 6 rings (SSSR count). The second kappa shape index (κ2) is 14.5. The standard InChI is InChI=1S/C34H31BrN2O8S2/c1-2-34(45-33(41)43-12-14-47-46-13-11-42-29(38)15-21-7-9-22(18-35)10-8-21)26-17-28-30-24(16-23-5-3-4-6-27(23)36-30)19-37(28)31(39)25(26)20-44-32(34)40/h3-10,16-17H,2,11-15,18-20H2,1H3. The number of hydrogen-bond donors (Lipinski definition) is 0. The van der Waals surface area contributed by atoms with Crippen LogP contribution in [-0.4, -0.2) is 52.4 Å². The first kappa shape index (κ1) is 33.1. The van der Waals surface area contributed by atoms with Gasteiger partial charge in [-0.15, -0.1) is 0 Å². The summed E-state index contributed by atoms with van der Waals surface area (Å²) in [5, 5.41) is 1.73. The monoisotopic (exact) mass is 738 g/mol. The van der Waals surface area contributed by atoms with Gasteiger partial charge in [-0.3, -0.25) is 9.59 Å². The number of carbonyl (C=O) groups excluding carboxylic acids is 3. The molecule has 47 heavy (non-hydrogen) atoms. The third-order valence-corrected chi connectivity index (χ3v) is 11.0. The van der Waals surface area contributed by atoms with Crippen LogP contribution >= 0.6 is 37.5 Å². The normalized spacial score (nSPS) is 16.2. The number of nitrogens with zero attached hydrogens (tertiary/aromatic N) is 2. The van der Waals surface area contributed by atoms with Gasteiger partial charge in [-0.2, -0.15) is 0 Å². The fraction of sp³-hybridized carbons (Fsp3) is 0.324. The van der Waals surface area contributed by atoms with Crippen LogP contribution in [0.3, 0.4) is 0 Å². The second-order valence-electron chi connectivity index (χ2n) is 11.0. The lowest BCUT2D eigenvalue weighted by Crippen LogP contribution is -2.47. The van der Waals surface area contributed by atoms with E-state index in [2.05, 4.69) is 15.9 Å². The number of carbonyl (C=O) groups is 3. The summed E-state index contributed by atoms with van der Waals surface area (Å²) in [6, 6.07) is 19.2. The molecule has 4 aromatic rings. The van der Waals surface area contributed by atoms with Gasteiger partial charge in [0.15, 0.2) is 0 Å². The molecule has 4 heterocycles. The Morgan fingerprint density at radius 3 is 2.47 bits per heavy atom. The number of aromatic nitrogens is 2. The number of benzene rings is 2. The fourth-order valence-electron chi connectivity index (χ4n) is 5.68. The molecule has 2 aliphatic rings. The summed E-state index contributed by atoms with van der Waals surface area (Å²) in [6.45, 7) is 2.11. The summed E-state index contributed by atoms with van der Waals surface area (Å²) in [4.78, 5) is 56.6. The van der Waals surface area contributed by atoms with E-state index >= 15 is 0 Å². The van der Waals surface area contributed by atoms with Crippen molar-refractivity contribution in [3.63, 3.8) is 0 Å². The highest BCUT2D eigenvalue weighted by molar-refractivity contribution is 9.08. The van der Waals surface area contributed by atoms with Crippen LogP contribution in [-0.2, 0) is 59.0 Å². The zero-order chi connectivity index (χ0) is 33.0. The van der Waals surface area contributed by atoms with E-state index < -0.39 is 17.7 Å². The molecule has 0 spiro atoms. The van der Waals surface area contributed by atoms with Crippen molar-refractivity contribution in [2.45, 2.75) is 43.8 Å². The van der Waals surface area contributed by atoms with Crippen LogP contribution in [0.1, 0.15) is 41.2 Å². The van der Waals surface area contributed by atoms with Gasteiger partial charge < -0.3 is 23.5 Å². The largest absolute Gasteiger partial charge is 0.509 e. The van der Waals surface area contributed by atoms with E-state index in [0.29, 0.717) is 35.0 Å². The molecule has 2 aromatic carbocycles. The fourth-order valence-corrected chi connectivity index (χ4v) is 7.71. The average molecular weight is 740 g/mol. The molecule has 0 bridgehead atoms. The maximum absolute atomic E-state index is 13.7. The number of fused-ring (bicyclic) bond motifs is 5. The average Bonchev–Trinajstić information content (AvgIpc) is 3.44. The molecular weight excluding hydrogens is 708 g/mol. The van der Waals surface area contributed by atoms with Crippen LogP contribution < -0.4 is 5.56 Å². The minimum Gasteiger partial charge on any atom is -0.465 e. The topological polar surface area (TPSA) is 123 Å². The molecule has 0 N–H and O–H groups in total. The van der Waals surface area contributed by atoms with E-state index in [1.54, 1.807) is 17.6 Å². The van der Waals surface area contributed by atoms with E-state index in [4.69, 9.17) is 23.9 Å². The van der Waals surface area contributed by atoms with Crippen LogP contribution in [0.2, 0.25) is 0 Å². The molecule has 2 aromatic heterocycles. The van der Waals surface area contributed by atoms with E-state index in [9.17, 15) is 19.2 Å². The number of pyridine rings is 2. The SMILES string of the molecule is CCC1(OC(=O)OCCSSCCOC(=O)Cc2ccc(CBr)cc2)C(=O)OCc2c1cc1n(c2=O)Cc2cc3ccccc3nc2-1. The summed E-state index contributed by atoms with van der Waals surface area (Å²) in [5.41, 5.74) is 3.33. The van der Waals surface area contributed by atoms with Crippen molar-refractivity contribution in [3.05, 3.63) is 98.8 Å². The molecule has 0 saturated heterocycles. The van der Waals surface area contributed by atoms with Gasteiger partial charge in [0.25, 0.3) is 5.56 Å². The molecule has 0 aliphatic carbocycles. The number of cyclic esters (lactones) is 1. The van der Waals surface area contributed by atoms with Crippen molar-refractivity contribution in [2.75, 3.05) is 24.7 Å².